The quantitative estimate of drug-likeness (QED) is 0.833. The van der Waals surface area contributed by atoms with Crippen LogP contribution < -0.4 is 5.32 Å². The highest BCUT2D eigenvalue weighted by Crippen LogP contribution is 2.36. The fraction of sp³-hybridized carbons (Fsp3) is 0.500. The number of aryl methyl sites for hydroxylation is 1. The van der Waals surface area contributed by atoms with Gasteiger partial charge in [-0.1, -0.05) is 29.8 Å². The van der Waals surface area contributed by atoms with Gasteiger partial charge in [0, 0.05) is 31.4 Å². The van der Waals surface area contributed by atoms with Crippen LogP contribution in [0.2, 0.25) is 0 Å². The van der Waals surface area contributed by atoms with Gasteiger partial charge in [-0.3, -0.25) is 9.69 Å². The lowest BCUT2D eigenvalue weighted by Crippen LogP contribution is -2.41. The number of hydrogen-bond donors (Lipinski definition) is 1. The third-order valence-corrected chi connectivity index (χ3v) is 5.82. The number of aromatic nitrogens is 2. The Balaban J connectivity index is 1.25. The number of nitrogens with zero attached hydrogens (tertiary/aromatic N) is 3. The molecule has 1 aromatic carbocycles. The Hall–Kier alpha value is -2.31. The van der Waals surface area contributed by atoms with Crippen LogP contribution in [0.5, 0.6) is 0 Å². The number of nitrogens with one attached hydrogen (secondary N) is 1. The molecular formula is C22H28N4O2. The van der Waals surface area contributed by atoms with Crippen molar-refractivity contribution in [2.75, 3.05) is 19.7 Å². The summed E-state index contributed by atoms with van der Waals surface area (Å²) < 4.78 is 6.02. The molecule has 1 amide bonds. The first kappa shape index (κ1) is 19.0. The van der Waals surface area contributed by atoms with E-state index in [1.54, 1.807) is 18.5 Å². The molecule has 2 aliphatic heterocycles. The Bertz CT molecular complexity index is 798. The molecule has 2 aliphatic rings. The summed E-state index contributed by atoms with van der Waals surface area (Å²) in [6.45, 7) is 6.37. The van der Waals surface area contributed by atoms with Crippen LogP contribution in [0.25, 0.3) is 0 Å². The van der Waals surface area contributed by atoms with E-state index in [1.165, 1.54) is 11.1 Å². The minimum atomic E-state index is 0.0142. The highest BCUT2D eigenvalue weighted by molar-refractivity contribution is 5.76. The normalized spacial score (nSPS) is 24.7. The summed E-state index contributed by atoms with van der Waals surface area (Å²) in [5.41, 5.74) is 2.68. The lowest BCUT2D eigenvalue weighted by Gasteiger charge is -2.35. The first-order chi connectivity index (χ1) is 13.7. The molecule has 0 spiro atoms. The SMILES string of the molecule is Cc1cccc(CN2CC[C@@H]3[C@@H](CO[C@H]3CC(=O)NCc3ncccn3)C2)c1. The first-order valence-corrected chi connectivity index (χ1v) is 10.1. The van der Waals surface area contributed by atoms with Gasteiger partial charge in [0.1, 0.15) is 5.82 Å². The Morgan fingerprint density at radius 2 is 2.14 bits per heavy atom. The molecule has 0 radical (unpaired) electrons. The summed E-state index contributed by atoms with van der Waals surface area (Å²) in [6, 6.07) is 10.5. The van der Waals surface area contributed by atoms with E-state index in [0.29, 0.717) is 30.6 Å². The van der Waals surface area contributed by atoms with Crippen molar-refractivity contribution < 1.29 is 9.53 Å². The molecule has 1 aromatic heterocycles. The van der Waals surface area contributed by atoms with Gasteiger partial charge in [-0.2, -0.15) is 0 Å². The Morgan fingerprint density at radius 3 is 2.96 bits per heavy atom. The van der Waals surface area contributed by atoms with Crippen LogP contribution in [0.1, 0.15) is 29.8 Å². The molecule has 2 aromatic rings. The molecule has 6 heteroatoms. The summed E-state index contributed by atoms with van der Waals surface area (Å²) in [5.74, 6) is 1.65. The van der Waals surface area contributed by atoms with Gasteiger partial charge in [-0.15, -0.1) is 0 Å². The number of carbonyl (C=O) groups is 1. The van der Waals surface area contributed by atoms with Gasteiger partial charge in [-0.05, 0) is 37.4 Å². The van der Waals surface area contributed by atoms with Crippen LogP contribution in [-0.2, 0) is 22.6 Å². The van der Waals surface area contributed by atoms with E-state index >= 15 is 0 Å². The van der Waals surface area contributed by atoms with Crippen molar-refractivity contribution in [3.05, 3.63) is 59.7 Å². The summed E-state index contributed by atoms with van der Waals surface area (Å²) in [5, 5.41) is 2.91. The molecule has 4 rings (SSSR count). The molecule has 28 heavy (non-hydrogen) atoms. The van der Waals surface area contributed by atoms with Gasteiger partial charge in [0.2, 0.25) is 5.91 Å². The monoisotopic (exact) mass is 380 g/mol. The van der Waals surface area contributed by atoms with Crippen molar-refractivity contribution in [3.8, 4) is 0 Å². The molecule has 0 aliphatic carbocycles. The average molecular weight is 380 g/mol. The predicted octanol–water partition coefficient (Wildman–Crippen LogP) is 2.33. The van der Waals surface area contributed by atoms with Crippen molar-refractivity contribution in [3.63, 3.8) is 0 Å². The van der Waals surface area contributed by atoms with E-state index in [0.717, 1.165) is 32.7 Å². The smallest absolute Gasteiger partial charge is 0.222 e. The number of rotatable bonds is 6. The van der Waals surface area contributed by atoms with Crippen molar-refractivity contribution >= 4 is 5.91 Å². The zero-order chi connectivity index (χ0) is 19.3. The van der Waals surface area contributed by atoms with Crippen molar-refractivity contribution in [1.82, 2.24) is 20.2 Å². The summed E-state index contributed by atoms with van der Waals surface area (Å²) >= 11 is 0. The Labute approximate surface area is 166 Å². The van der Waals surface area contributed by atoms with Crippen molar-refractivity contribution in [2.24, 2.45) is 11.8 Å². The first-order valence-electron chi connectivity index (χ1n) is 10.1. The standard InChI is InChI=1S/C22H28N4O2/c1-16-4-2-5-17(10-16)13-26-9-6-19-18(14-26)15-28-20(19)11-22(27)25-12-21-23-7-3-8-24-21/h2-5,7-8,10,18-20H,6,9,11-15H2,1H3,(H,25,27)/t18-,19-,20+/m1/s1. The molecular weight excluding hydrogens is 352 g/mol. The fourth-order valence-corrected chi connectivity index (χ4v) is 4.44. The highest BCUT2D eigenvalue weighted by Gasteiger charge is 2.41. The minimum absolute atomic E-state index is 0.0142. The zero-order valence-electron chi connectivity index (χ0n) is 16.4. The van der Waals surface area contributed by atoms with Crippen molar-refractivity contribution in [1.29, 1.82) is 0 Å². The van der Waals surface area contributed by atoms with Crippen LogP contribution in [0.3, 0.4) is 0 Å². The second-order valence-electron chi connectivity index (χ2n) is 7.95. The third-order valence-electron chi connectivity index (χ3n) is 5.82. The third kappa shape index (κ3) is 4.75. The summed E-state index contributed by atoms with van der Waals surface area (Å²) in [6.07, 6.45) is 4.91. The maximum atomic E-state index is 12.3. The van der Waals surface area contributed by atoms with Crippen LogP contribution in [0.15, 0.2) is 42.7 Å². The van der Waals surface area contributed by atoms with Crippen LogP contribution in [-0.4, -0.2) is 46.6 Å². The van der Waals surface area contributed by atoms with E-state index < -0.39 is 0 Å². The Morgan fingerprint density at radius 1 is 1.29 bits per heavy atom. The fourth-order valence-electron chi connectivity index (χ4n) is 4.44. The summed E-state index contributed by atoms with van der Waals surface area (Å²) in [7, 11) is 0. The van der Waals surface area contributed by atoms with Crippen LogP contribution >= 0.6 is 0 Å². The molecule has 1 N–H and O–H groups in total. The molecule has 2 fully saturated rings. The van der Waals surface area contributed by atoms with Crippen LogP contribution in [0.4, 0.5) is 0 Å². The average Bonchev–Trinajstić information content (AvgIpc) is 3.09. The predicted molar refractivity (Wildman–Crippen MR) is 106 cm³/mol. The number of amides is 1. The van der Waals surface area contributed by atoms with E-state index in [-0.39, 0.29) is 12.0 Å². The van der Waals surface area contributed by atoms with Gasteiger partial charge in [0.25, 0.3) is 0 Å². The number of piperidine rings is 1. The highest BCUT2D eigenvalue weighted by atomic mass is 16.5. The van der Waals surface area contributed by atoms with E-state index in [9.17, 15) is 4.79 Å². The number of likely N-dealkylation sites (tertiary alicyclic amines) is 1. The Kier molecular flexibility index (Phi) is 5.98. The lowest BCUT2D eigenvalue weighted by atomic mass is 9.83. The zero-order valence-corrected chi connectivity index (χ0v) is 16.4. The van der Waals surface area contributed by atoms with Crippen LogP contribution in [0, 0.1) is 18.8 Å². The molecule has 0 bridgehead atoms. The van der Waals surface area contributed by atoms with Gasteiger partial charge in [0.15, 0.2) is 0 Å². The van der Waals surface area contributed by atoms with Gasteiger partial charge < -0.3 is 10.1 Å². The topological polar surface area (TPSA) is 67.3 Å². The number of ether oxygens (including phenoxy) is 1. The van der Waals surface area contributed by atoms with Crippen molar-refractivity contribution in [2.45, 2.75) is 39.0 Å². The lowest BCUT2D eigenvalue weighted by molar-refractivity contribution is -0.124. The minimum Gasteiger partial charge on any atom is -0.377 e. The number of carbonyl (C=O) groups excluding carboxylic acids is 1. The van der Waals surface area contributed by atoms with E-state index in [1.807, 2.05) is 0 Å². The molecule has 148 valence electrons. The van der Waals surface area contributed by atoms with Gasteiger partial charge in [0.05, 0.1) is 25.7 Å². The van der Waals surface area contributed by atoms with Gasteiger partial charge in [-0.25, -0.2) is 9.97 Å². The number of benzene rings is 1. The summed E-state index contributed by atoms with van der Waals surface area (Å²) in [4.78, 5) is 23.1. The second kappa shape index (κ2) is 8.80. The second-order valence-corrected chi connectivity index (χ2v) is 7.95. The molecule has 3 heterocycles. The molecule has 6 nitrogen and oxygen atoms in total. The van der Waals surface area contributed by atoms with Gasteiger partial charge >= 0.3 is 0 Å². The maximum Gasteiger partial charge on any atom is 0.222 e. The largest absolute Gasteiger partial charge is 0.377 e. The number of hydrogen-bond acceptors (Lipinski definition) is 5. The van der Waals surface area contributed by atoms with E-state index in [4.69, 9.17) is 4.74 Å². The molecule has 2 saturated heterocycles. The van der Waals surface area contributed by atoms with E-state index in [2.05, 4.69) is 51.4 Å². The molecule has 3 atom stereocenters. The maximum absolute atomic E-state index is 12.3. The molecule has 0 unspecified atom stereocenters. The molecule has 0 saturated carbocycles. The number of fused-ring (bicyclic) bond motifs is 1.